The molecule has 0 radical (unpaired) electrons. The van der Waals surface area contributed by atoms with Crippen molar-refractivity contribution in [3.8, 4) is 33.9 Å². The van der Waals surface area contributed by atoms with Gasteiger partial charge in [-0.1, -0.05) is 109 Å². The molecule has 0 aliphatic heterocycles. The fourth-order valence-electron chi connectivity index (χ4n) is 10.7. The zero-order valence-corrected chi connectivity index (χ0v) is 34.5. The van der Waals surface area contributed by atoms with E-state index in [2.05, 4.69) is 212 Å². The van der Waals surface area contributed by atoms with Crippen molar-refractivity contribution in [2.45, 2.75) is 0 Å². The monoisotopic (exact) mass is 816 g/mol. The van der Waals surface area contributed by atoms with E-state index < -0.39 is 0 Å². The maximum absolute atomic E-state index is 4.79. The Morgan fingerprint density at radius 1 is 0.250 bits per heavy atom. The summed E-state index contributed by atoms with van der Waals surface area (Å²) >= 11 is 0. The second kappa shape index (κ2) is 13.4. The molecule has 6 nitrogen and oxygen atoms in total. The summed E-state index contributed by atoms with van der Waals surface area (Å²) in [5.74, 6) is 0. The van der Waals surface area contributed by atoms with Crippen molar-refractivity contribution >= 4 is 87.2 Å². The predicted octanol–water partition coefficient (Wildman–Crippen LogP) is 14.5. The van der Waals surface area contributed by atoms with E-state index in [9.17, 15) is 0 Å². The van der Waals surface area contributed by atoms with Crippen LogP contribution in [0, 0.1) is 0 Å². The molecule has 0 fully saturated rings. The van der Waals surface area contributed by atoms with E-state index in [0.717, 1.165) is 55.9 Å². The van der Waals surface area contributed by atoms with Gasteiger partial charge in [0.15, 0.2) is 0 Å². The smallest absolute Gasteiger partial charge is 0.0724 e. The van der Waals surface area contributed by atoms with Gasteiger partial charge in [0.1, 0.15) is 0 Å². The lowest BCUT2D eigenvalue weighted by Gasteiger charge is -2.18. The molecule has 0 saturated carbocycles. The highest BCUT2D eigenvalue weighted by atomic mass is 15.0. The van der Waals surface area contributed by atoms with Gasteiger partial charge in [0.05, 0.1) is 67.9 Å². The molecule has 6 heteroatoms. The summed E-state index contributed by atoms with van der Waals surface area (Å²) in [5.41, 5.74) is 15.6. The molecule has 298 valence electrons. The number of benzene rings is 8. The van der Waals surface area contributed by atoms with Crippen molar-refractivity contribution in [3.05, 3.63) is 219 Å². The van der Waals surface area contributed by atoms with Gasteiger partial charge in [0.25, 0.3) is 0 Å². The third kappa shape index (κ3) is 4.85. The first-order valence-electron chi connectivity index (χ1n) is 21.7. The summed E-state index contributed by atoms with van der Waals surface area (Å²) in [6.07, 6.45) is 7.83. The fraction of sp³-hybridized carbons (Fsp3) is 0. The van der Waals surface area contributed by atoms with Gasteiger partial charge < -0.3 is 18.3 Å². The van der Waals surface area contributed by atoms with Gasteiger partial charge in [-0.15, -0.1) is 0 Å². The Kier molecular flexibility index (Phi) is 7.30. The van der Waals surface area contributed by atoms with Crippen LogP contribution >= 0.6 is 0 Å². The van der Waals surface area contributed by atoms with Crippen LogP contribution in [0.4, 0.5) is 0 Å². The number of nitrogens with zero attached hydrogens (tertiary/aromatic N) is 6. The van der Waals surface area contributed by atoms with E-state index in [1.807, 2.05) is 24.8 Å². The van der Waals surface area contributed by atoms with Crippen LogP contribution in [0.2, 0.25) is 0 Å². The van der Waals surface area contributed by atoms with Crippen LogP contribution in [0.5, 0.6) is 0 Å². The Hall–Kier alpha value is -8.74. The number of pyridine rings is 2. The molecular formula is C58H36N6. The largest absolute Gasteiger partial charge is 0.309 e. The lowest BCUT2D eigenvalue weighted by Crippen LogP contribution is -2.02. The number of hydrogen-bond donors (Lipinski definition) is 0. The summed E-state index contributed by atoms with van der Waals surface area (Å²) < 4.78 is 9.56. The summed E-state index contributed by atoms with van der Waals surface area (Å²) in [6, 6.07) is 70.3. The highest BCUT2D eigenvalue weighted by Crippen LogP contribution is 2.42. The molecule has 0 bridgehead atoms. The molecule has 0 saturated heterocycles. The van der Waals surface area contributed by atoms with Gasteiger partial charge in [-0.2, -0.15) is 0 Å². The predicted molar refractivity (Wildman–Crippen MR) is 265 cm³/mol. The molecule has 6 heterocycles. The van der Waals surface area contributed by atoms with Crippen LogP contribution in [0.25, 0.3) is 121 Å². The first-order chi connectivity index (χ1) is 31.8. The highest BCUT2D eigenvalue weighted by Gasteiger charge is 2.22. The Balaban J connectivity index is 0.974. The Morgan fingerprint density at radius 2 is 0.531 bits per heavy atom. The second-order valence-electron chi connectivity index (χ2n) is 16.6. The van der Waals surface area contributed by atoms with Gasteiger partial charge in [0, 0.05) is 78.0 Å². The maximum atomic E-state index is 4.79. The molecular weight excluding hydrogens is 781 g/mol. The minimum Gasteiger partial charge on any atom is -0.309 e. The summed E-state index contributed by atoms with van der Waals surface area (Å²) in [7, 11) is 0. The van der Waals surface area contributed by atoms with Crippen LogP contribution in [-0.4, -0.2) is 28.2 Å². The first kappa shape index (κ1) is 34.9. The Morgan fingerprint density at radius 3 is 0.875 bits per heavy atom. The van der Waals surface area contributed by atoms with Crippen molar-refractivity contribution in [2.24, 2.45) is 0 Å². The third-order valence-electron chi connectivity index (χ3n) is 13.4. The van der Waals surface area contributed by atoms with E-state index in [1.165, 1.54) is 65.2 Å². The van der Waals surface area contributed by atoms with E-state index in [-0.39, 0.29) is 0 Å². The molecule has 64 heavy (non-hydrogen) atoms. The van der Waals surface area contributed by atoms with Crippen LogP contribution in [0.1, 0.15) is 0 Å². The Bertz CT molecular complexity index is 3840. The summed E-state index contributed by atoms with van der Waals surface area (Å²) in [4.78, 5) is 9.57. The van der Waals surface area contributed by atoms with Crippen molar-refractivity contribution in [2.75, 3.05) is 0 Å². The lowest BCUT2D eigenvalue weighted by molar-refractivity contribution is 1.12. The van der Waals surface area contributed by atoms with Crippen LogP contribution < -0.4 is 0 Å². The lowest BCUT2D eigenvalue weighted by atomic mass is 10.0. The first-order valence-corrected chi connectivity index (χ1v) is 21.7. The maximum Gasteiger partial charge on any atom is 0.0724 e. The van der Waals surface area contributed by atoms with E-state index >= 15 is 0 Å². The number of para-hydroxylation sites is 6. The minimum absolute atomic E-state index is 1.00. The van der Waals surface area contributed by atoms with E-state index in [4.69, 9.17) is 9.97 Å². The van der Waals surface area contributed by atoms with E-state index in [0.29, 0.717) is 0 Å². The normalized spacial score (nSPS) is 12.1. The molecule has 0 aliphatic rings. The van der Waals surface area contributed by atoms with Crippen LogP contribution in [-0.2, 0) is 0 Å². The minimum atomic E-state index is 1.00. The van der Waals surface area contributed by atoms with Crippen molar-refractivity contribution in [3.63, 3.8) is 0 Å². The van der Waals surface area contributed by atoms with Gasteiger partial charge >= 0.3 is 0 Å². The quantitative estimate of drug-likeness (QED) is 0.174. The Labute approximate surface area is 366 Å². The fourth-order valence-corrected chi connectivity index (χ4v) is 10.7. The molecule has 14 rings (SSSR count). The zero-order valence-electron chi connectivity index (χ0n) is 34.5. The number of fused-ring (bicyclic) bond motifs is 12. The zero-order chi connectivity index (χ0) is 41.9. The molecule has 6 aromatic heterocycles. The molecule has 14 aromatic rings. The van der Waals surface area contributed by atoms with Crippen molar-refractivity contribution < 1.29 is 0 Å². The molecule has 8 aromatic carbocycles. The molecule has 0 atom stereocenters. The molecule has 0 spiro atoms. The molecule has 0 aliphatic carbocycles. The topological polar surface area (TPSA) is 45.5 Å². The van der Waals surface area contributed by atoms with E-state index in [1.54, 1.807) is 0 Å². The third-order valence-corrected chi connectivity index (χ3v) is 13.4. The highest BCUT2D eigenvalue weighted by molar-refractivity contribution is 6.14. The summed E-state index contributed by atoms with van der Waals surface area (Å²) in [6.45, 7) is 0. The van der Waals surface area contributed by atoms with Gasteiger partial charge in [-0.05, 0) is 84.9 Å². The number of hydrogen-bond acceptors (Lipinski definition) is 2. The molecule has 0 N–H and O–H groups in total. The number of rotatable bonds is 5. The van der Waals surface area contributed by atoms with Gasteiger partial charge in [0.2, 0.25) is 0 Å². The van der Waals surface area contributed by atoms with Gasteiger partial charge in [-0.3, -0.25) is 9.97 Å². The second-order valence-corrected chi connectivity index (χ2v) is 16.6. The standard InChI is InChI=1S/C58H36N6/c1-7-19-49-39(13-1)40-14-2-8-20-50(40)61(49)37-25-27-55-47(33-37)43-17-5-11-23-53(43)63(55)57-35-59-31-29-45(57)46-30-32-60-36-58(46)64-54-24-12-6-18-44(54)48-34-38(26-28-56(48)64)62-51-21-9-3-15-41(51)42-16-4-10-22-52(42)62/h1-36H. The van der Waals surface area contributed by atoms with Crippen LogP contribution in [0.3, 0.4) is 0 Å². The molecule has 0 amide bonds. The van der Waals surface area contributed by atoms with Crippen molar-refractivity contribution in [1.29, 1.82) is 0 Å². The summed E-state index contributed by atoms with van der Waals surface area (Å²) in [5, 5.41) is 9.74. The van der Waals surface area contributed by atoms with Crippen molar-refractivity contribution in [1.82, 2.24) is 28.2 Å². The van der Waals surface area contributed by atoms with Crippen LogP contribution in [0.15, 0.2) is 219 Å². The van der Waals surface area contributed by atoms with Gasteiger partial charge in [-0.25, -0.2) is 0 Å². The number of aromatic nitrogens is 6. The molecule has 0 unspecified atom stereocenters. The average molecular weight is 817 g/mol. The average Bonchev–Trinajstić information content (AvgIpc) is 4.09. The SMILES string of the molecule is c1ccc2c(c1)c1ccccc1n2-c1ccc2c(c1)c1ccccc1n2-c1cnccc1-c1ccncc1-n1c2ccccc2c2cc(-n3c4ccccc4c4ccccc43)ccc21.